The Balaban J connectivity index is 4.55. The Bertz CT molecular complexity index is 312. The van der Waals surface area contributed by atoms with E-state index in [1.165, 1.54) is 4.31 Å². The van der Waals surface area contributed by atoms with Gasteiger partial charge in [-0.25, -0.2) is 12.7 Å². The van der Waals surface area contributed by atoms with Crippen LogP contribution in [-0.4, -0.2) is 36.6 Å². The van der Waals surface area contributed by atoms with Crippen molar-refractivity contribution in [1.82, 2.24) is 4.31 Å². The molecule has 0 aromatic carbocycles. The van der Waals surface area contributed by atoms with Crippen molar-refractivity contribution in [1.29, 1.82) is 0 Å². The molecule has 90 valence electrons. The molecular weight excluding hydrogens is 232 g/mol. The average molecular weight is 252 g/mol. The lowest BCUT2D eigenvalue weighted by Gasteiger charge is -2.25. The molecule has 0 aliphatic carbocycles. The van der Waals surface area contributed by atoms with E-state index in [4.69, 9.17) is 5.73 Å². The maximum Gasteiger partial charge on any atom is 0.220 e. The normalized spacial score (nSPS) is 14.5. The monoisotopic (exact) mass is 252 g/mol. The smallest absolute Gasteiger partial charge is 0.220 e. The molecule has 0 bridgehead atoms. The number of thiocarbonyl (C=S) groups is 1. The fourth-order valence-electron chi connectivity index (χ4n) is 1.39. The first-order chi connectivity index (χ1) is 6.66. The van der Waals surface area contributed by atoms with E-state index in [9.17, 15) is 8.42 Å². The minimum atomic E-state index is -3.34. The zero-order chi connectivity index (χ0) is 12.2. The van der Waals surface area contributed by atoms with Gasteiger partial charge in [0, 0.05) is 13.1 Å². The van der Waals surface area contributed by atoms with Gasteiger partial charge in [0.15, 0.2) is 0 Å². The Kier molecular flexibility index (Phi) is 5.69. The summed E-state index contributed by atoms with van der Waals surface area (Å²) < 4.78 is 24.8. The largest absolute Gasteiger partial charge is 0.392 e. The molecule has 0 spiro atoms. The minimum Gasteiger partial charge on any atom is -0.392 e. The van der Waals surface area contributed by atoms with Gasteiger partial charge in [-0.2, -0.15) is 0 Å². The van der Waals surface area contributed by atoms with E-state index in [0.717, 1.165) is 6.42 Å². The standard InChI is InChI=1S/C9H20N2O2S2/c1-7(2)5-8(3)11(4)15(12,13)6-9(10)14/h7-8H,5-6H2,1-4H3,(H2,10,14). The van der Waals surface area contributed by atoms with Crippen LogP contribution in [0.2, 0.25) is 0 Å². The first-order valence-corrected chi connectivity index (χ1v) is 6.92. The summed E-state index contributed by atoms with van der Waals surface area (Å²) in [5.41, 5.74) is 5.24. The molecule has 0 aliphatic rings. The van der Waals surface area contributed by atoms with E-state index in [0.29, 0.717) is 5.92 Å². The Morgan fingerprint density at radius 2 is 1.87 bits per heavy atom. The van der Waals surface area contributed by atoms with Crippen molar-refractivity contribution < 1.29 is 8.42 Å². The van der Waals surface area contributed by atoms with E-state index in [-0.39, 0.29) is 16.8 Å². The van der Waals surface area contributed by atoms with Crippen molar-refractivity contribution in [2.75, 3.05) is 12.8 Å². The third-order valence-electron chi connectivity index (χ3n) is 2.20. The Labute approximate surface area is 97.9 Å². The van der Waals surface area contributed by atoms with Crippen LogP contribution in [0.1, 0.15) is 27.2 Å². The predicted molar refractivity (Wildman–Crippen MR) is 67.3 cm³/mol. The summed E-state index contributed by atoms with van der Waals surface area (Å²) in [5.74, 6) is 0.212. The van der Waals surface area contributed by atoms with E-state index in [2.05, 4.69) is 26.1 Å². The molecule has 0 saturated heterocycles. The minimum absolute atomic E-state index is 0.0126. The van der Waals surface area contributed by atoms with Crippen LogP contribution in [-0.2, 0) is 10.0 Å². The highest BCUT2D eigenvalue weighted by Gasteiger charge is 2.24. The maximum atomic E-state index is 11.7. The van der Waals surface area contributed by atoms with Gasteiger partial charge >= 0.3 is 0 Å². The second-order valence-electron chi connectivity index (χ2n) is 4.22. The Morgan fingerprint density at radius 3 is 2.20 bits per heavy atom. The van der Waals surface area contributed by atoms with Crippen LogP contribution in [0.4, 0.5) is 0 Å². The molecule has 0 heterocycles. The van der Waals surface area contributed by atoms with Gasteiger partial charge in [0.1, 0.15) is 5.75 Å². The van der Waals surface area contributed by atoms with Crippen LogP contribution in [0.15, 0.2) is 0 Å². The molecule has 0 aliphatic heterocycles. The summed E-state index contributed by atoms with van der Waals surface area (Å²) in [7, 11) is -1.77. The van der Waals surface area contributed by atoms with Gasteiger partial charge in [0.05, 0.1) is 4.99 Å². The molecule has 2 N–H and O–H groups in total. The first kappa shape index (κ1) is 14.8. The molecule has 0 saturated carbocycles. The van der Waals surface area contributed by atoms with Gasteiger partial charge in [-0.3, -0.25) is 0 Å². The molecule has 0 aromatic heterocycles. The van der Waals surface area contributed by atoms with Crippen molar-refractivity contribution in [3.8, 4) is 0 Å². The zero-order valence-corrected chi connectivity index (χ0v) is 11.4. The van der Waals surface area contributed by atoms with E-state index in [1.807, 2.05) is 6.92 Å². The molecule has 15 heavy (non-hydrogen) atoms. The number of nitrogens with two attached hydrogens (primary N) is 1. The van der Waals surface area contributed by atoms with Crippen LogP contribution < -0.4 is 5.73 Å². The lowest BCUT2D eigenvalue weighted by atomic mass is 10.1. The maximum absolute atomic E-state index is 11.7. The van der Waals surface area contributed by atoms with E-state index >= 15 is 0 Å². The Morgan fingerprint density at radius 1 is 1.40 bits per heavy atom. The second-order valence-corrected chi connectivity index (χ2v) is 6.77. The van der Waals surface area contributed by atoms with Gasteiger partial charge in [0.2, 0.25) is 10.0 Å². The predicted octanol–water partition coefficient (Wildman–Crippen LogP) is 0.969. The Hall–Kier alpha value is -0.200. The quantitative estimate of drug-likeness (QED) is 0.715. The van der Waals surface area contributed by atoms with Crippen LogP contribution in [0.25, 0.3) is 0 Å². The van der Waals surface area contributed by atoms with Crippen molar-refractivity contribution in [2.45, 2.75) is 33.2 Å². The lowest BCUT2D eigenvalue weighted by Crippen LogP contribution is -2.40. The summed E-state index contributed by atoms with van der Waals surface area (Å²) in [6.07, 6.45) is 0.826. The summed E-state index contributed by atoms with van der Waals surface area (Å²) in [6.45, 7) is 6.01. The first-order valence-electron chi connectivity index (χ1n) is 4.90. The van der Waals surface area contributed by atoms with Crippen molar-refractivity contribution in [2.24, 2.45) is 11.7 Å². The number of nitrogens with zero attached hydrogens (tertiary/aromatic N) is 1. The molecule has 0 aromatic rings. The molecular formula is C9H20N2O2S2. The second kappa shape index (κ2) is 5.77. The van der Waals surface area contributed by atoms with Crippen LogP contribution in [0, 0.1) is 5.92 Å². The van der Waals surface area contributed by atoms with Gasteiger partial charge in [0.25, 0.3) is 0 Å². The molecule has 0 rings (SSSR count). The summed E-state index contributed by atoms with van der Waals surface area (Å²) in [6, 6.07) is -0.0238. The highest BCUT2D eigenvalue weighted by atomic mass is 32.2. The summed E-state index contributed by atoms with van der Waals surface area (Å²) in [5, 5.41) is 0. The summed E-state index contributed by atoms with van der Waals surface area (Å²) >= 11 is 4.61. The SMILES string of the molecule is CC(C)CC(C)N(C)S(=O)(=O)CC(N)=S. The zero-order valence-electron chi connectivity index (χ0n) is 9.73. The number of rotatable bonds is 6. The molecule has 1 atom stereocenters. The fourth-order valence-corrected chi connectivity index (χ4v) is 3.03. The van der Waals surface area contributed by atoms with Gasteiger partial charge < -0.3 is 5.73 Å². The van der Waals surface area contributed by atoms with Crippen LogP contribution >= 0.6 is 12.2 Å². The van der Waals surface area contributed by atoms with Crippen LogP contribution in [0.5, 0.6) is 0 Å². The molecule has 1 unspecified atom stereocenters. The molecule has 0 radical (unpaired) electrons. The molecule has 4 nitrogen and oxygen atoms in total. The average Bonchev–Trinajstić information content (AvgIpc) is 1.98. The van der Waals surface area contributed by atoms with Crippen molar-refractivity contribution in [3.63, 3.8) is 0 Å². The highest BCUT2D eigenvalue weighted by molar-refractivity contribution is 7.92. The van der Waals surface area contributed by atoms with Crippen molar-refractivity contribution in [3.05, 3.63) is 0 Å². The topological polar surface area (TPSA) is 63.4 Å². The third kappa shape index (κ3) is 5.44. The number of hydrogen-bond acceptors (Lipinski definition) is 3. The molecule has 0 amide bonds. The van der Waals surface area contributed by atoms with E-state index in [1.54, 1.807) is 7.05 Å². The highest BCUT2D eigenvalue weighted by Crippen LogP contribution is 2.13. The molecule has 0 fully saturated rings. The number of sulfonamides is 1. The fraction of sp³-hybridized carbons (Fsp3) is 0.889. The van der Waals surface area contributed by atoms with E-state index < -0.39 is 10.0 Å². The van der Waals surface area contributed by atoms with Gasteiger partial charge in [-0.05, 0) is 19.3 Å². The summed E-state index contributed by atoms with van der Waals surface area (Å²) in [4.78, 5) is 0.0126. The molecule has 6 heteroatoms. The third-order valence-corrected chi connectivity index (χ3v) is 4.44. The van der Waals surface area contributed by atoms with Crippen LogP contribution in [0.3, 0.4) is 0 Å². The number of hydrogen-bond donors (Lipinski definition) is 1. The van der Waals surface area contributed by atoms with Gasteiger partial charge in [-0.15, -0.1) is 0 Å². The lowest BCUT2D eigenvalue weighted by molar-refractivity contribution is 0.339. The van der Waals surface area contributed by atoms with Gasteiger partial charge in [-0.1, -0.05) is 26.1 Å². The van der Waals surface area contributed by atoms with Crippen molar-refractivity contribution >= 4 is 27.2 Å².